The van der Waals surface area contributed by atoms with E-state index in [4.69, 9.17) is 0 Å². The van der Waals surface area contributed by atoms with Crippen LogP contribution in [0.15, 0.2) is 48.5 Å². The van der Waals surface area contributed by atoms with E-state index < -0.39 is 23.5 Å². The average Bonchev–Trinajstić information content (AvgIpc) is 3.00. The molecule has 2 N–H and O–H groups in total. The third-order valence-corrected chi connectivity index (χ3v) is 3.52. The summed E-state index contributed by atoms with van der Waals surface area (Å²) in [6.07, 6.45) is -4.47. The summed E-state index contributed by atoms with van der Waals surface area (Å²) in [4.78, 5) is 18.1. The highest BCUT2D eigenvalue weighted by molar-refractivity contribution is 5.94. The Kier molecular flexibility index (Phi) is 4.03. The zero-order valence-electron chi connectivity index (χ0n) is 12.4. The van der Waals surface area contributed by atoms with E-state index >= 15 is 0 Å². The van der Waals surface area contributed by atoms with E-state index in [-0.39, 0.29) is 17.2 Å². The molecule has 0 atom stereocenters. The van der Waals surface area contributed by atoms with Gasteiger partial charge in [0.2, 0.25) is 0 Å². The van der Waals surface area contributed by atoms with Crippen LogP contribution in [-0.2, 0) is 6.18 Å². The van der Waals surface area contributed by atoms with Crippen molar-refractivity contribution in [3.63, 3.8) is 0 Å². The lowest BCUT2D eigenvalue weighted by Crippen LogP contribution is -2.04. The first-order valence-corrected chi connectivity index (χ1v) is 7.02. The number of carboxylic acids is 1. The lowest BCUT2D eigenvalue weighted by molar-refractivity contribution is -0.137. The van der Waals surface area contributed by atoms with Crippen LogP contribution in [0.2, 0.25) is 0 Å². The molecule has 0 saturated heterocycles. The van der Waals surface area contributed by atoms with Crippen LogP contribution in [0.3, 0.4) is 0 Å². The third-order valence-electron chi connectivity index (χ3n) is 3.52. The van der Waals surface area contributed by atoms with Crippen molar-refractivity contribution < 1.29 is 27.5 Å². The second-order valence-electron chi connectivity index (χ2n) is 5.20. The Hall–Kier alpha value is -3.16. The molecule has 0 aliphatic carbocycles. The second-order valence-corrected chi connectivity index (χ2v) is 5.20. The van der Waals surface area contributed by atoms with Crippen LogP contribution in [0.5, 0.6) is 0 Å². The summed E-state index contributed by atoms with van der Waals surface area (Å²) in [5, 5.41) is 9.30. The van der Waals surface area contributed by atoms with Crippen LogP contribution in [0.1, 0.15) is 16.1 Å². The van der Waals surface area contributed by atoms with E-state index in [9.17, 15) is 27.5 Å². The largest absolute Gasteiger partial charge is 0.477 e. The quantitative estimate of drug-likeness (QED) is 0.679. The Morgan fingerprint density at radius 3 is 2.04 bits per heavy atom. The van der Waals surface area contributed by atoms with Gasteiger partial charge in [-0.1, -0.05) is 12.1 Å². The number of nitrogens with zero attached hydrogens (tertiary/aromatic N) is 1. The number of carbonyl (C=O) groups is 1. The number of carboxylic acid groups (broad SMARTS) is 1. The monoisotopic (exact) mass is 350 g/mol. The summed E-state index contributed by atoms with van der Waals surface area (Å²) in [6.45, 7) is 0. The van der Waals surface area contributed by atoms with Crippen molar-refractivity contribution in [3.8, 4) is 22.6 Å². The molecule has 0 amide bonds. The molecule has 0 bridgehead atoms. The van der Waals surface area contributed by atoms with E-state index in [1.54, 1.807) is 0 Å². The molecule has 8 heteroatoms. The number of aromatic amines is 1. The van der Waals surface area contributed by atoms with Gasteiger partial charge in [-0.25, -0.2) is 14.2 Å². The topological polar surface area (TPSA) is 66.0 Å². The van der Waals surface area contributed by atoms with E-state index in [0.717, 1.165) is 24.3 Å². The predicted octanol–water partition coefficient (Wildman–Crippen LogP) is 4.60. The number of nitrogens with one attached hydrogen (secondary N) is 1. The minimum Gasteiger partial charge on any atom is -0.477 e. The minimum atomic E-state index is -4.47. The van der Waals surface area contributed by atoms with Crippen molar-refractivity contribution in [2.24, 2.45) is 0 Å². The van der Waals surface area contributed by atoms with Gasteiger partial charge < -0.3 is 10.1 Å². The fourth-order valence-electron chi connectivity index (χ4n) is 2.30. The van der Waals surface area contributed by atoms with Crippen LogP contribution in [0.4, 0.5) is 17.6 Å². The number of benzene rings is 2. The van der Waals surface area contributed by atoms with Crippen LogP contribution in [0, 0.1) is 5.82 Å². The number of alkyl halides is 3. The standard InChI is InChI=1S/C17H10F4N2O2/c18-12-7-3-9(4-8-12)13-14(16(24)25)23-15(22-13)10-1-5-11(6-2-10)17(19,20)21/h1-8H,(H,22,23)(H,24,25). The second kappa shape index (κ2) is 6.04. The molecular weight excluding hydrogens is 340 g/mol. The van der Waals surface area contributed by atoms with E-state index in [2.05, 4.69) is 9.97 Å². The highest BCUT2D eigenvalue weighted by atomic mass is 19.4. The Balaban J connectivity index is 2.05. The minimum absolute atomic E-state index is 0.0717. The number of imidazole rings is 1. The summed E-state index contributed by atoms with van der Waals surface area (Å²) in [6, 6.07) is 9.22. The Labute approximate surface area is 138 Å². The van der Waals surface area contributed by atoms with Gasteiger partial charge in [-0.2, -0.15) is 13.2 Å². The van der Waals surface area contributed by atoms with Gasteiger partial charge >= 0.3 is 12.1 Å². The summed E-state index contributed by atoms with van der Waals surface area (Å²) >= 11 is 0. The van der Waals surface area contributed by atoms with Gasteiger partial charge in [0.05, 0.1) is 5.56 Å². The number of hydrogen-bond donors (Lipinski definition) is 2. The first-order chi connectivity index (χ1) is 11.8. The molecule has 0 saturated carbocycles. The zero-order chi connectivity index (χ0) is 18.2. The molecule has 0 radical (unpaired) electrons. The molecule has 0 unspecified atom stereocenters. The number of halogens is 4. The molecule has 2 aromatic carbocycles. The van der Waals surface area contributed by atoms with Crippen molar-refractivity contribution >= 4 is 5.97 Å². The summed E-state index contributed by atoms with van der Waals surface area (Å²) in [5.41, 5.74) is -0.319. The molecule has 128 valence electrons. The van der Waals surface area contributed by atoms with Crippen LogP contribution in [-0.4, -0.2) is 21.0 Å². The van der Waals surface area contributed by atoms with Gasteiger partial charge in [-0.05, 0) is 36.4 Å². The van der Waals surface area contributed by atoms with Gasteiger partial charge in [-0.3, -0.25) is 0 Å². The van der Waals surface area contributed by atoms with Crippen LogP contribution >= 0.6 is 0 Å². The molecule has 3 aromatic rings. The molecule has 25 heavy (non-hydrogen) atoms. The fourth-order valence-corrected chi connectivity index (χ4v) is 2.30. The molecule has 1 aromatic heterocycles. The smallest absolute Gasteiger partial charge is 0.416 e. The molecule has 1 heterocycles. The van der Waals surface area contributed by atoms with Gasteiger partial charge in [0.25, 0.3) is 0 Å². The maximum atomic E-state index is 13.0. The molecule has 3 rings (SSSR count). The van der Waals surface area contributed by atoms with E-state index in [0.29, 0.717) is 11.1 Å². The van der Waals surface area contributed by atoms with E-state index in [1.807, 2.05) is 0 Å². The van der Waals surface area contributed by atoms with Gasteiger partial charge in [0, 0.05) is 11.1 Å². The molecular formula is C17H10F4N2O2. The Bertz CT molecular complexity index is 913. The third kappa shape index (κ3) is 3.37. The number of hydrogen-bond acceptors (Lipinski definition) is 2. The van der Waals surface area contributed by atoms with Crippen LogP contribution < -0.4 is 0 Å². The lowest BCUT2D eigenvalue weighted by Gasteiger charge is -2.06. The maximum Gasteiger partial charge on any atom is 0.416 e. The van der Waals surface area contributed by atoms with E-state index in [1.165, 1.54) is 24.3 Å². The summed E-state index contributed by atoms with van der Waals surface area (Å²) in [7, 11) is 0. The predicted molar refractivity (Wildman–Crippen MR) is 81.4 cm³/mol. The number of rotatable bonds is 3. The zero-order valence-corrected chi connectivity index (χ0v) is 12.4. The highest BCUT2D eigenvalue weighted by Crippen LogP contribution is 2.31. The first-order valence-electron chi connectivity index (χ1n) is 7.02. The van der Waals surface area contributed by atoms with Crippen molar-refractivity contribution in [1.82, 2.24) is 9.97 Å². The summed E-state index contributed by atoms with van der Waals surface area (Å²) in [5.74, 6) is -1.67. The first kappa shape index (κ1) is 16.7. The number of H-pyrrole nitrogens is 1. The summed E-state index contributed by atoms with van der Waals surface area (Å²) < 4.78 is 50.9. The molecule has 0 fully saturated rings. The maximum absolute atomic E-state index is 13.0. The van der Waals surface area contributed by atoms with Gasteiger partial charge in [-0.15, -0.1) is 0 Å². The van der Waals surface area contributed by atoms with Crippen molar-refractivity contribution in [2.75, 3.05) is 0 Å². The van der Waals surface area contributed by atoms with Gasteiger partial charge in [0.15, 0.2) is 5.69 Å². The van der Waals surface area contributed by atoms with Crippen LogP contribution in [0.25, 0.3) is 22.6 Å². The van der Waals surface area contributed by atoms with Crippen molar-refractivity contribution in [3.05, 3.63) is 65.6 Å². The van der Waals surface area contributed by atoms with Crippen molar-refractivity contribution in [2.45, 2.75) is 6.18 Å². The molecule has 0 spiro atoms. The SMILES string of the molecule is O=C(O)c1[nH]c(-c2ccc(C(F)(F)F)cc2)nc1-c1ccc(F)cc1. The lowest BCUT2D eigenvalue weighted by atomic mass is 10.1. The molecule has 4 nitrogen and oxygen atoms in total. The molecule has 0 aliphatic rings. The molecule has 0 aliphatic heterocycles. The Morgan fingerprint density at radius 1 is 0.960 bits per heavy atom. The van der Waals surface area contributed by atoms with Crippen molar-refractivity contribution in [1.29, 1.82) is 0 Å². The Morgan fingerprint density at radius 2 is 1.52 bits per heavy atom. The fraction of sp³-hybridized carbons (Fsp3) is 0.0588. The van der Waals surface area contributed by atoms with Gasteiger partial charge in [0.1, 0.15) is 17.3 Å². The normalized spacial score (nSPS) is 11.5. The number of aromatic nitrogens is 2. The average molecular weight is 350 g/mol. The highest BCUT2D eigenvalue weighted by Gasteiger charge is 2.30. The number of aromatic carboxylic acids is 1.